The quantitative estimate of drug-likeness (QED) is 0.474. The van der Waals surface area contributed by atoms with Crippen molar-refractivity contribution in [1.82, 2.24) is 9.97 Å². The summed E-state index contributed by atoms with van der Waals surface area (Å²) in [5.41, 5.74) is 2.77. The fourth-order valence-corrected chi connectivity index (χ4v) is 4.31. The lowest BCUT2D eigenvalue weighted by Crippen LogP contribution is -2.36. The molecule has 0 saturated carbocycles. The number of rotatable bonds is 5. The van der Waals surface area contributed by atoms with Crippen LogP contribution in [0.2, 0.25) is 0 Å². The molecule has 5 rings (SSSR count). The van der Waals surface area contributed by atoms with Crippen LogP contribution in [0.4, 0.5) is 10.2 Å². The number of aliphatic hydroxyl groups is 1. The number of nitrogens with zero attached hydrogens (tertiary/aromatic N) is 3. The molecule has 1 saturated heterocycles. The zero-order valence-corrected chi connectivity index (χ0v) is 18.4. The molecule has 1 N–H and O–H groups in total. The molecule has 0 aliphatic carbocycles. The van der Waals surface area contributed by atoms with Gasteiger partial charge in [0.15, 0.2) is 11.5 Å². The van der Waals surface area contributed by atoms with Crippen LogP contribution in [-0.4, -0.2) is 48.5 Å². The van der Waals surface area contributed by atoms with Gasteiger partial charge in [0.25, 0.3) is 0 Å². The summed E-state index contributed by atoms with van der Waals surface area (Å²) in [6.45, 7) is 1.35. The van der Waals surface area contributed by atoms with Crippen molar-refractivity contribution in [3.63, 3.8) is 0 Å². The zero-order chi connectivity index (χ0) is 22.9. The molecule has 33 heavy (non-hydrogen) atoms. The van der Waals surface area contributed by atoms with Gasteiger partial charge in [0.2, 0.25) is 5.71 Å². The number of benzene rings is 2. The van der Waals surface area contributed by atoms with E-state index in [1.807, 2.05) is 18.2 Å². The lowest BCUT2D eigenvalue weighted by atomic mass is 9.98. The number of hydrogen-bond acceptors (Lipinski definition) is 7. The van der Waals surface area contributed by atoms with Crippen LogP contribution in [0.25, 0.3) is 33.6 Å². The molecule has 2 aromatic heterocycles. The number of piperidine rings is 1. The molecule has 2 aromatic carbocycles. The van der Waals surface area contributed by atoms with E-state index in [2.05, 4.69) is 14.9 Å². The number of aromatic nitrogens is 2. The predicted octanol–water partition coefficient (Wildman–Crippen LogP) is 4.67. The highest BCUT2D eigenvalue weighted by atomic mass is 19.1. The summed E-state index contributed by atoms with van der Waals surface area (Å²) in [6.07, 6.45) is 2.51. The van der Waals surface area contributed by atoms with Gasteiger partial charge in [-0.3, -0.25) is 0 Å². The fourth-order valence-electron chi connectivity index (χ4n) is 4.31. The van der Waals surface area contributed by atoms with E-state index in [0.717, 1.165) is 27.9 Å². The average Bonchev–Trinajstić information content (AvgIpc) is 3.24. The Labute approximate surface area is 190 Å². The van der Waals surface area contributed by atoms with Gasteiger partial charge in [-0.2, -0.15) is 0 Å². The van der Waals surface area contributed by atoms with Gasteiger partial charge in [-0.1, -0.05) is 12.1 Å². The molecule has 1 aliphatic heterocycles. The third-order valence-electron chi connectivity index (χ3n) is 6.01. The largest absolute Gasteiger partial charge is 0.493 e. The molecule has 0 bridgehead atoms. The normalized spacial score (nSPS) is 14.6. The molecule has 0 radical (unpaired) electrons. The van der Waals surface area contributed by atoms with Crippen LogP contribution in [0.15, 0.2) is 53.2 Å². The zero-order valence-electron chi connectivity index (χ0n) is 18.4. The number of methoxy groups -OCH3 is 2. The van der Waals surface area contributed by atoms with E-state index in [1.54, 1.807) is 26.4 Å². The monoisotopic (exact) mass is 449 g/mol. The smallest absolute Gasteiger partial charge is 0.232 e. The van der Waals surface area contributed by atoms with E-state index in [0.29, 0.717) is 48.9 Å². The van der Waals surface area contributed by atoms with Gasteiger partial charge in [-0.25, -0.2) is 14.4 Å². The predicted molar refractivity (Wildman–Crippen MR) is 123 cm³/mol. The minimum atomic E-state index is -0.319. The topological polar surface area (TPSA) is 80.9 Å². The Morgan fingerprint density at radius 1 is 0.970 bits per heavy atom. The molecule has 0 amide bonds. The molecular weight excluding hydrogens is 425 g/mol. The molecule has 0 unspecified atom stereocenters. The Morgan fingerprint density at radius 2 is 1.67 bits per heavy atom. The lowest BCUT2D eigenvalue weighted by molar-refractivity contribution is 0.145. The maximum atomic E-state index is 13.7. The van der Waals surface area contributed by atoms with Crippen molar-refractivity contribution in [3.8, 4) is 33.9 Å². The van der Waals surface area contributed by atoms with Crippen molar-refractivity contribution >= 4 is 16.9 Å². The Kier molecular flexibility index (Phi) is 5.60. The van der Waals surface area contributed by atoms with Gasteiger partial charge >= 0.3 is 0 Å². The molecule has 4 aromatic rings. The number of hydrogen-bond donors (Lipinski definition) is 1. The molecule has 7 nitrogen and oxygen atoms in total. The highest BCUT2D eigenvalue weighted by Crippen LogP contribution is 2.45. The number of anilines is 1. The first-order valence-corrected chi connectivity index (χ1v) is 10.8. The Bertz CT molecular complexity index is 1280. The van der Waals surface area contributed by atoms with Gasteiger partial charge in [0.1, 0.15) is 23.7 Å². The number of furan rings is 1. The summed E-state index contributed by atoms with van der Waals surface area (Å²) in [7, 11) is 3.16. The molecule has 8 heteroatoms. The van der Waals surface area contributed by atoms with Gasteiger partial charge in [0.05, 0.1) is 25.7 Å². The molecular formula is C25H24FN3O4. The van der Waals surface area contributed by atoms with Crippen LogP contribution in [0.5, 0.6) is 11.5 Å². The Balaban J connectivity index is 1.75. The molecule has 1 fully saturated rings. The first-order chi connectivity index (χ1) is 16.1. The van der Waals surface area contributed by atoms with Crippen molar-refractivity contribution < 1.29 is 23.4 Å². The van der Waals surface area contributed by atoms with Crippen molar-refractivity contribution in [1.29, 1.82) is 0 Å². The van der Waals surface area contributed by atoms with Crippen molar-refractivity contribution in [2.75, 3.05) is 32.2 Å². The van der Waals surface area contributed by atoms with Gasteiger partial charge < -0.3 is 23.9 Å². The number of halogens is 1. The summed E-state index contributed by atoms with van der Waals surface area (Å²) in [6, 6.07) is 11.8. The van der Waals surface area contributed by atoms with E-state index >= 15 is 0 Å². The van der Waals surface area contributed by atoms with Crippen LogP contribution in [0.1, 0.15) is 12.8 Å². The number of fused-ring (bicyclic) bond motifs is 1. The van der Waals surface area contributed by atoms with Gasteiger partial charge in [-0.15, -0.1) is 0 Å². The van der Waals surface area contributed by atoms with Crippen LogP contribution in [0.3, 0.4) is 0 Å². The Morgan fingerprint density at radius 3 is 2.36 bits per heavy atom. The summed E-state index contributed by atoms with van der Waals surface area (Å²) in [5.74, 6) is 2.17. The third kappa shape index (κ3) is 3.87. The molecule has 0 atom stereocenters. The average molecular weight is 449 g/mol. The van der Waals surface area contributed by atoms with Crippen LogP contribution >= 0.6 is 0 Å². The highest BCUT2D eigenvalue weighted by Gasteiger charge is 2.27. The minimum absolute atomic E-state index is 0.304. The standard InChI is InChI=1S/C25H24FN3O4/c1-31-19-8-5-16(13-20(19)32-2)23-21(15-3-6-17(26)7-4-15)22-24(27-14-28-25(22)33-23)29-11-9-18(30)10-12-29/h3-8,13-14,18,30H,9-12H2,1-2H3. The third-order valence-corrected chi connectivity index (χ3v) is 6.01. The maximum Gasteiger partial charge on any atom is 0.232 e. The van der Waals surface area contributed by atoms with E-state index in [1.165, 1.54) is 18.5 Å². The van der Waals surface area contributed by atoms with E-state index in [9.17, 15) is 9.50 Å². The maximum absolute atomic E-state index is 13.7. The Hall–Kier alpha value is -3.65. The van der Waals surface area contributed by atoms with E-state index in [-0.39, 0.29) is 11.9 Å². The first kappa shape index (κ1) is 21.2. The SMILES string of the molecule is COc1ccc(-c2oc3ncnc(N4CCC(O)CC4)c3c2-c2ccc(F)cc2)cc1OC. The highest BCUT2D eigenvalue weighted by molar-refractivity contribution is 6.06. The number of ether oxygens (including phenoxy) is 2. The van der Waals surface area contributed by atoms with E-state index < -0.39 is 0 Å². The first-order valence-electron chi connectivity index (χ1n) is 10.8. The molecule has 170 valence electrons. The van der Waals surface area contributed by atoms with Crippen LogP contribution in [-0.2, 0) is 0 Å². The molecule has 3 heterocycles. The summed E-state index contributed by atoms with van der Waals surface area (Å²) < 4.78 is 30.9. The molecule has 0 spiro atoms. The fraction of sp³-hybridized carbons (Fsp3) is 0.280. The van der Waals surface area contributed by atoms with Crippen molar-refractivity contribution in [2.45, 2.75) is 18.9 Å². The summed E-state index contributed by atoms with van der Waals surface area (Å²) >= 11 is 0. The van der Waals surface area contributed by atoms with Crippen molar-refractivity contribution in [3.05, 3.63) is 54.6 Å². The summed E-state index contributed by atoms with van der Waals surface area (Å²) in [4.78, 5) is 11.1. The van der Waals surface area contributed by atoms with Gasteiger partial charge in [-0.05, 0) is 48.7 Å². The van der Waals surface area contributed by atoms with Crippen LogP contribution < -0.4 is 14.4 Å². The summed E-state index contributed by atoms with van der Waals surface area (Å²) in [5, 5.41) is 10.7. The lowest BCUT2D eigenvalue weighted by Gasteiger charge is -2.30. The second kappa shape index (κ2) is 8.71. The van der Waals surface area contributed by atoms with Gasteiger partial charge in [0, 0.05) is 24.2 Å². The second-order valence-electron chi connectivity index (χ2n) is 7.98. The van der Waals surface area contributed by atoms with Crippen molar-refractivity contribution in [2.24, 2.45) is 0 Å². The second-order valence-corrected chi connectivity index (χ2v) is 7.98. The minimum Gasteiger partial charge on any atom is -0.493 e. The van der Waals surface area contributed by atoms with Crippen LogP contribution in [0, 0.1) is 5.82 Å². The molecule has 1 aliphatic rings. The van der Waals surface area contributed by atoms with E-state index in [4.69, 9.17) is 13.9 Å². The number of aliphatic hydroxyl groups excluding tert-OH is 1.